The minimum atomic E-state index is 0.123. The first kappa shape index (κ1) is 18.0. The van der Waals surface area contributed by atoms with Crippen molar-refractivity contribution in [3.63, 3.8) is 0 Å². The van der Waals surface area contributed by atoms with Crippen LogP contribution in [0.25, 0.3) is 0 Å². The molecule has 21 heavy (non-hydrogen) atoms. The Bertz CT molecular complexity index is 392. The van der Waals surface area contributed by atoms with Crippen LogP contribution in [0.15, 0.2) is 24.3 Å². The summed E-state index contributed by atoms with van der Waals surface area (Å²) in [5, 5.41) is 3.68. The monoisotopic (exact) mass is 311 g/mol. The number of aryl methyl sites for hydroxylation is 1. The first-order valence-electron chi connectivity index (χ1n) is 7.81. The fraction of sp³-hybridized carbons (Fsp3) is 0.588. The smallest absolute Gasteiger partial charge is 0.220 e. The van der Waals surface area contributed by atoms with Crippen molar-refractivity contribution in [2.45, 2.75) is 45.4 Å². The molecule has 1 aromatic rings. The predicted molar refractivity (Wildman–Crippen MR) is 87.7 cm³/mol. The molecule has 1 rings (SSSR count). The van der Waals surface area contributed by atoms with Gasteiger partial charge in [0.15, 0.2) is 0 Å². The van der Waals surface area contributed by atoms with Gasteiger partial charge in [0.2, 0.25) is 5.91 Å². The molecule has 0 saturated heterocycles. The standard InChI is InChI=1S/C17H26ClNO2/c1-2-3-13-21-14-5-12-19-17(20)7-4-6-15-8-10-16(18)11-9-15/h8-11H,2-7,12-14H2,1H3,(H,19,20). The number of hydrogen-bond acceptors (Lipinski definition) is 2. The van der Waals surface area contributed by atoms with Crippen LogP contribution in [0.5, 0.6) is 0 Å². The Morgan fingerprint density at radius 2 is 1.86 bits per heavy atom. The molecule has 0 aliphatic rings. The van der Waals surface area contributed by atoms with Gasteiger partial charge in [0.25, 0.3) is 0 Å². The minimum Gasteiger partial charge on any atom is -0.381 e. The third kappa shape index (κ3) is 9.48. The Hall–Kier alpha value is -1.06. The van der Waals surface area contributed by atoms with E-state index in [1.54, 1.807) is 0 Å². The number of rotatable bonds is 11. The summed E-state index contributed by atoms with van der Waals surface area (Å²) in [6.45, 7) is 4.40. The topological polar surface area (TPSA) is 38.3 Å². The summed E-state index contributed by atoms with van der Waals surface area (Å²) in [4.78, 5) is 11.6. The summed E-state index contributed by atoms with van der Waals surface area (Å²) in [5.74, 6) is 0.123. The van der Waals surface area contributed by atoms with Crippen LogP contribution in [0, 0.1) is 0 Å². The number of carbonyl (C=O) groups is 1. The van der Waals surface area contributed by atoms with E-state index in [9.17, 15) is 4.79 Å². The highest BCUT2D eigenvalue weighted by Crippen LogP contribution is 2.11. The number of hydrogen-bond donors (Lipinski definition) is 1. The number of benzene rings is 1. The summed E-state index contributed by atoms with van der Waals surface area (Å²) >= 11 is 5.83. The Balaban J connectivity index is 1.97. The van der Waals surface area contributed by atoms with Crippen molar-refractivity contribution in [1.82, 2.24) is 5.32 Å². The SMILES string of the molecule is CCCCOCCCNC(=O)CCCc1ccc(Cl)cc1. The zero-order chi connectivity index (χ0) is 15.3. The zero-order valence-electron chi connectivity index (χ0n) is 12.9. The second kappa shape index (κ2) is 11.6. The van der Waals surface area contributed by atoms with Gasteiger partial charge in [-0.05, 0) is 43.4 Å². The van der Waals surface area contributed by atoms with Gasteiger partial charge in [-0.3, -0.25) is 4.79 Å². The number of amides is 1. The lowest BCUT2D eigenvalue weighted by atomic mass is 10.1. The Morgan fingerprint density at radius 1 is 1.14 bits per heavy atom. The molecule has 0 atom stereocenters. The highest BCUT2D eigenvalue weighted by atomic mass is 35.5. The maximum Gasteiger partial charge on any atom is 0.220 e. The highest BCUT2D eigenvalue weighted by molar-refractivity contribution is 6.30. The van der Waals surface area contributed by atoms with Crippen LogP contribution >= 0.6 is 11.6 Å². The van der Waals surface area contributed by atoms with Crippen LogP contribution in [0.4, 0.5) is 0 Å². The average Bonchev–Trinajstić information content (AvgIpc) is 2.48. The maximum atomic E-state index is 11.6. The van der Waals surface area contributed by atoms with Crippen LogP contribution in [0.3, 0.4) is 0 Å². The van der Waals surface area contributed by atoms with Gasteiger partial charge in [0.05, 0.1) is 0 Å². The third-order valence-corrected chi connectivity index (χ3v) is 3.46. The second-order valence-corrected chi connectivity index (χ2v) is 5.59. The van der Waals surface area contributed by atoms with Crippen LogP contribution in [-0.2, 0) is 16.0 Å². The van der Waals surface area contributed by atoms with Crippen molar-refractivity contribution < 1.29 is 9.53 Å². The van der Waals surface area contributed by atoms with Crippen LogP contribution in [0.2, 0.25) is 5.02 Å². The molecule has 0 bridgehead atoms. The Kier molecular flexibility index (Phi) is 9.92. The molecule has 118 valence electrons. The van der Waals surface area contributed by atoms with Crippen LogP contribution < -0.4 is 5.32 Å². The lowest BCUT2D eigenvalue weighted by molar-refractivity contribution is -0.121. The van der Waals surface area contributed by atoms with Crippen molar-refractivity contribution in [3.05, 3.63) is 34.9 Å². The van der Waals surface area contributed by atoms with Crippen molar-refractivity contribution in [1.29, 1.82) is 0 Å². The lowest BCUT2D eigenvalue weighted by Crippen LogP contribution is -2.25. The first-order valence-corrected chi connectivity index (χ1v) is 8.19. The van der Waals surface area contributed by atoms with Crippen molar-refractivity contribution >= 4 is 17.5 Å². The fourth-order valence-corrected chi connectivity index (χ4v) is 2.07. The van der Waals surface area contributed by atoms with Crippen molar-refractivity contribution in [2.75, 3.05) is 19.8 Å². The molecule has 0 spiro atoms. The summed E-state index contributed by atoms with van der Waals surface area (Å²) in [7, 11) is 0. The van der Waals surface area contributed by atoms with E-state index in [0.717, 1.165) is 50.3 Å². The largest absolute Gasteiger partial charge is 0.381 e. The van der Waals surface area contributed by atoms with Gasteiger partial charge in [0, 0.05) is 31.2 Å². The molecule has 0 aliphatic carbocycles. The van der Waals surface area contributed by atoms with E-state index in [0.29, 0.717) is 13.0 Å². The number of carbonyl (C=O) groups excluding carboxylic acids is 1. The van der Waals surface area contributed by atoms with Gasteiger partial charge >= 0.3 is 0 Å². The first-order chi connectivity index (χ1) is 10.2. The third-order valence-electron chi connectivity index (χ3n) is 3.21. The quantitative estimate of drug-likeness (QED) is 0.628. The summed E-state index contributed by atoms with van der Waals surface area (Å²) in [5.41, 5.74) is 1.22. The van der Waals surface area contributed by atoms with Gasteiger partial charge in [-0.1, -0.05) is 37.1 Å². The second-order valence-electron chi connectivity index (χ2n) is 5.15. The number of halogens is 1. The van der Waals surface area contributed by atoms with Gasteiger partial charge in [-0.25, -0.2) is 0 Å². The molecule has 1 aromatic carbocycles. The van der Waals surface area contributed by atoms with Crippen LogP contribution in [0.1, 0.15) is 44.6 Å². The molecule has 0 fully saturated rings. The van der Waals surface area contributed by atoms with Gasteiger partial charge < -0.3 is 10.1 Å². The molecule has 0 saturated carbocycles. The Labute approximate surface area is 133 Å². The van der Waals surface area contributed by atoms with E-state index >= 15 is 0 Å². The van der Waals surface area contributed by atoms with E-state index < -0.39 is 0 Å². The molecule has 0 heterocycles. The molecule has 4 heteroatoms. The molecule has 1 N–H and O–H groups in total. The minimum absolute atomic E-state index is 0.123. The van der Waals surface area contributed by atoms with Crippen molar-refractivity contribution in [2.24, 2.45) is 0 Å². The molecule has 1 amide bonds. The van der Waals surface area contributed by atoms with Crippen molar-refractivity contribution in [3.8, 4) is 0 Å². The van der Waals surface area contributed by atoms with E-state index in [1.165, 1.54) is 5.56 Å². The zero-order valence-corrected chi connectivity index (χ0v) is 13.6. The summed E-state index contributed by atoms with van der Waals surface area (Å²) in [6, 6.07) is 7.78. The fourth-order valence-electron chi connectivity index (χ4n) is 1.94. The average molecular weight is 312 g/mol. The normalized spacial score (nSPS) is 10.6. The molecular weight excluding hydrogens is 286 g/mol. The Morgan fingerprint density at radius 3 is 2.57 bits per heavy atom. The molecule has 3 nitrogen and oxygen atoms in total. The van der Waals surface area contributed by atoms with E-state index in [1.807, 2.05) is 24.3 Å². The van der Waals surface area contributed by atoms with E-state index in [2.05, 4.69) is 12.2 Å². The highest BCUT2D eigenvalue weighted by Gasteiger charge is 2.01. The molecule has 0 aromatic heterocycles. The van der Waals surface area contributed by atoms with Gasteiger partial charge in [0.1, 0.15) is 0 Å². The predicted octanol–water partition coefficient (Wildman–Crippen LogP) is 3.99. The molecule has 0 aliphatic heterocycles. The van der Waals surface area contributed by atoms with E-state index in [-0.39, 0.29) is 5.91 Å². The lowest BCUT2D eigenvalue weighted by Gasteiger charge is -2.06. The molecule has 0 unspecified atom stereocenters. The number of ether oxygens (including phenoxy) is 1. The van der Waals surface area contributed by atoms with Gasteiger partial charge in [-0.2, -0.15) is 0 Å². The molecular formula is C17H26ClNO2. The molecule has 0 radical (unpaired) electrons. The number of unbranched alkanes of at least 4 members (excludes halogenated alkanes) is 1. The number of nitrogens with one attached hydrogen (secondary N) is 1. The summed E-state index contributed by atoms with van der Waals surface area (Å²) < 4.78 is 5.44. The van der Waals surface area contributed by atoms with E-state index in [4.69, 9.17) is 16.3 Å². The van der Waals surface area contributed by atoms with Gasteiger partial charge in [-0.15, -0.1) is 0 Å². The summed E-state index contributed by atoms with van der Waals surface area (Å²) in [6.07, 6.45) is 5.48. The van der Waals surface area contributed by atoms with Crippen LogP contribution in [-0.4, -0.2) is 25.7 Å². The maximum absolute atomic E-state index is 11.6.